The van der Waals surface area contributed by atoms with Gasteiger partial charge in [0.15, 0.2) is 5.96 Å². The first-order valence-electron chi connectivity index (χ1n) is 9.61. The van der Waals surface area contributed by atoms with E-state index in [1.165, 1.54) is 5.39 Å². The molecule has 3 rings (SSSR count). The molecule has 0 radical (unpaired) electrons. The lowest BCUT2D eigenvalue weighted by atomic mass is 10.1. The van der Waals surface area contributed by atoms with Gasteiger partial charge in [-0.05, 0) is 24.3 Å². The molecule has 2 aromatic carbocycles. The number of nitrogens with zero attached hydrogens (tertiary/aromatic N) is 1. The molecule has 1 unspecified atom stereocenters. The van der Waals surface area contributed by atoms with Crippen LogP contribution in [0.5, 0.6) is 5.75 Å². The molecule has 1 saturated heterocycles. The third-order valence-electron chi connectivity index (χ3n) is 4.48. The highest BCUT2D eigenvalue weighted by Crippen LogP contribution is 2.24. The second-order valence-electron chi connectivity index (χ2n) is 6.46. The zero-order chi connectivity index (χ0) is 18.7. The Morgan fingerprint density at radius 1 is 1.11 bits per heavy atom. The molecule has 1 atom stereocenters. The van der Waals surface area contributed by atoms with Gasteiger partial charge in [-0.15, -0.1) is 24.0 Å². The van der Waals surface area contributed by atoms with Gasteiger partial charge in [-0.25, -0.2) is 0 Å². The van der Waals surface area contributed by atoms with E-state index in [0.29, 0.717) is 13.2 Å². The van der Waals surface area contributed by atoms with Crippen molar-refractivity contribution < 1.29 is 14.2 Å². The van der Waals surface area contributed by atoms with E-state index in [1.54, 1.807) is 7.05 Å². The van der Waals surface area contributed by atoms with Crippen LogP contribution in [0.1, 0.15) is 12.8 Å². The summed E-state index contributed by atoms with van der Waals surface area (Å²) >= 11 is 0. The summed E-state index contributed by atoms with van der Waals surface area (Å²) in [6.45, 7) is 4.35. The van der Waals surface area contributed by atoms with E-state index in [4.69, 9.17) is 14.2 Å². The van der Waals surface area contributed by atoms with Gasteiger partial charge >= 0.3 is 0 Å². The normalized spacial score (nSPS) is 16.6. The Hall–Kier alpha value is -1.58. The first-order chi connectivity index (χ1) is 13.4. The van der Waals surface area contributed by atoms with Crippen LogP contribution in [0.15, 0.2) is 47.5 Å². The maximum absolute atomic E-state index is 5.94. The maximum atomic E-state index is 5.94. The van der Waals surface area contributed by atoms with Crippen molar-refractivity contribution in [2.75, 3.05) is 46.6 Å². The first kappa shape index (κ1) is 22.7. The highest BCUT2D eigenvalue weighted by molar-refractivity contribution is 14.0. The lowest BCUT2D eigenvalue weighted by Gasteiger charge is -2.14. The van der Waals surface area contributed by atoms with Crippen LogP contribution in [0, 0.1) is 0 Å². The van der Waals surface area contributed by atoms with Gasteiger partial charge in [-0.1, -0.05) is 36.4 Å². The van der Waals surface area contributed by atoms with E-state index < -0.39 is 0 Å². The highest BCUT2D eigenvalue weighted by atomic mass is 127. The lowest BCUT2D eigenvalue weighted by Crippen LogP contribution is -2.40. The van der Waals surface area contributed by atoms with Crippen LogP contribution in [-0.2, 0) is 9.47 Å². The average molecular weight is 499 g/mol. The Morgan fingerprint density at radius 3 is 2.75 bits per heavy atom. The van der Waals surface area contributed by atoms with Crippen molar-refractivity contribution >= 4 is 40.7 Å². The van der Waals surface area contributed by atoms with Gasteiger partial charge in [0, 0.05) is 32.2 Å². The van der Waals surface area contributed by atoms with Gasteiger partial charge in [0.2, 0.25) is 0 Å². The molecule has 0 spiro atoms. The topological polar surface area (TPSA) is 64.1 Å². The van der Waals surface area contributed by atoms with E-state index >= 15 is 0 Å². The average Bonchev–Trinajstić information content (AvgIpc) is 3.23. The number of rotatable bonds is 9. The van der Waals surface area contributed by atoms with Gasteiger partial charge in [-0.2, -0.15) is 0 Å². The third kappa shape index (κ3) is 7.10. The number of ether oxygens (including phenoxy) is 3. The van der Waals surface area contributed by atoms with Crippen molar-refractivity contribution in [1.82, 2.24) is 10.6 Å². The van der Waals surface area contributed by atoms with Crippen LogP contribution in [0.25, 0.3) is 10.8 Å². The summed E-state index contributed by atoms with van der Waals surface area (Å²) in [7, 11) is 1.77. The van der Waals surface area contributed by atoms with Crippen LogP contribution in [-0.4, -0.2) is 58.6 Å². The van der Waals surface area contributed by atoms with E-state index in [1.807, 2.05) is 24.3 Å². The van der Waals surface area contributed by atoms with Crippen LogP contribution in [0.2, 0.25) is 0 Å². The summed E-state index contributed by atoms with van der Waals surface area (Å²) in [4.78, 5) is 4.24. The molecule has 2 N–H and O–H groups in total. The van der Waals surface area contributed by atoms with Crippen LogP contribution < -0.4 is 15.4 Å². The Kier molecular flexibility index (Phi) is 10.4. The van der Waals surface area contributed by atoms with E-state index in [-0.39, 0.29) is 30.1 Å². The quantitative estimate of drug-likeness (QED) is 0.240. The largest absolute Gasteiger partial charge is 0.491 e. The molecule has 0 aliphatic carbocycles. The third-order valence-corrected chi connectivity index (χ3v) is 4.48. The number of fused-ring (bicyclic) bond motifs is 1. The number of hydrogen-bond donors (Lipinski definition) is 2. The van der Waals surface area contributed by atoms with Crippen molar-refractivity contribution in [1.29, 1.82) is 0 Å². The van der Waals surface area contributed by atoms with Crippen LogP contribution in [0.4, 0.5) is 0 Å². The van der Waals surface area contributed by atoms with Crippen molar-refractivity contribution in [3.05, 3.63) is 42.5 Å². The second-order valence-corrected chi connectivity index (χ2v) is 6.46. The maximum Gasteiger partial charge on any atom is 0.191 e. The molecule has 2 aromatic rings. The molecule has 154 valence electrons. The number of benzene rings is 2. The summed E-state index contributed by atoms with van der Waals surface area (Å²) in [6.07, 6.45) is 2.21. The minimum Gasteiger partial charge on any atom is -0.491 e. The van der Waals surface area contributed by atoms with Crippen LogP contribution >= 0.6 is 24.0 Å². The standard InChI is InChI=1S/C21H29N3O3.HI/c1-22-21(23-11-5-13-26-18-10-14-25-16-18)24-12-15-27-20-9-4-7-17-6-2-3-8-19(17)20;/h2-4,6-9,18H,5,10-16H2,1H3,(H2,22,23,24);1H. The fourth-order valence-corrected chi connectivity index (χ4v) is 3.05. The Bertz CT molecular complexity index is 730. The van der Waals surface area contributed by atoms with Crippen molar-refractivity contribution in [2.24, 2.45) is 4.99 Å². The minimum absolute atomic E-state index is 0. The molecule has 1 aliphatic rings. The van der Waals surface area contributed by atoms with E-state index in [0.717, 1.165) is 56.3 Å². The lowest BCUT2D eigenvalue weighted by molar-refractivity contribution is 0.0420. The molecule has 7 heteroatoms. The molecule has 28 heavy (non-hydrogen) atoms. The number of halogens is 1. The fourth-order valence-electron chi connectivity index (χ4n) is 3.05. The predicted molar refractivity (Wildman–Crippen MR) is 124 cm³/mol. The van der Waals surface area contributed by atoms with Crippen molar-refractivity contribution in [3.8, 4) is 5.75 Å². The highest BCUT2D eigenvalue weighted by Gasteiger charge is 2.15. The first-order valence-corrected chi connectivity index (χ1v) is 9.61. The molecular formula is C21H30IN3O3. The number of guanidine groups is 1. The zero-order valence-electron chi connectivity index (χ0n) is 16.4. The molecule has 1 fully saturated rings. The minimum atomic E-state index is 0. The Labute approximate surface area is 184 Å². The summed E-state index contributed by atoms with van der Waals surface area (Å²) in [5.41, 5.74) is 0. The zero-order valence-corrected chi connectivity index (χ0v) is 18.7. The molecular weight excluding hydrogens is 469 g/mol. The van der Waals surface area contributed by atoms with E-state index in [9.17, 15) is 0 Å². The summed E-state index contributed by atoms with van der Waals surface area (Å²) in [5, 5.41) is 8.89. The Balaban J connectivity index is 0.00000280. The van der Waals surface area contributed by atoms with Gasteiger partial charge in [0.25, 0.3) is 0 Å². The monoisotopic (exact) mass is 499 g/mol. The van der Waals surface area contributed by atoms with E-state index in [2.05, 4.69) is 33.8 Å². The number of aliphatic imine (C=N–C) groups is 1. The second kappa shape index (κ2) is 12.8. The SMILES string of the molecule is CN=C(NCCCOC1CCOC1)NCCOc1cccc2ccccc12.I. The molecule has 0 amide bonds. The summed E-state index contributed by atoms with van der Waals surface area (Å²) in [5.74, 6) is 1.69. The summed E-state index contributed by atoms with van der Waals surface area (Å²) in [6, 6.07) is 14.4. The van der Waals surface area contributed by atoms with Gasteiger partial charge in [-0.3, -0.25) is 4.99 Å². The molecule has 0 bridgehead atoms. The fraction of sp³-hybridized carbons (Fsp3) is 0.476. The molecule has 0 saturated carbocycles. The molecule has 1 aliphatic heterocycles. The van der Waals surface area contributed by atoms with Crippen molar-refractivity contribution in [3.63, 3.8) is 0 Å². The molecule has 0 aromatic heterocycles. The summed E-state index contributed by atoms with van der Waals surface area (Å²) < 4.78 is 17.0. The molecule has 1 heterocycles. The van der Waals surface area contributed by atoms with Crippen LogP contribution in [0.3, 0.4) is 0 Å². The number of nitrogens with one attached hydrogen (secondary N) is 2. The predicted octanol–water partition coefficient (Wildman–Crippen LogP) is 3.20. The van der Waals surface area contributed by atoms with Gasteiger partial charge in [0.05, 0.1) is 19.3 Å². The number of hydrogen-bond acceptors (Lipinski definition) is 4. The Morgan fingerprint density at radius 2 is 1.93 bits per heavy atom. The van der Waals surface area contributed by atoms with Gasteiger partial charge < -0.3 is 24.8 Å². The van der Waals surface area contributed by atoms with Gasteiger partial charge in [0.1, 0.15) is 12.4 Å². The molecule has 6 nitrogen and oxygen atoms in total. The van der Waals surface area contributed by atoms with Crippen molar-refractivity contribution in [2.45, 2.75) is 18.9 Å². The smallest absolute Gasteiger partial charge is 0.191 e.